The highest BCUT2D eigenvalue weighted by atomic mass is 32.2. The Kier molecular flexibility index (Phi) is 2.32. The molecule has 0 radical (unpaired) electrons. The first-order chi connectivity index (χ1) is 8.16. The highest BCUT2D eigenvalue weighted by Crippen LogP contribution is 2.38. The largest absolute Gasteiger partial charge is 0.339 e. The van der Waals surface area contributed by atoms with Crippen LogP contribution in [0.4, 0.5) is 0 Å². The van der Waals surface area contributed by atoms with Crippen molar-refractivity contribution in [2.24, 2.45) is 0 Å². The molecule has 1 fully saturated rings. The van der Waals surface area contributed by atoms with Crippen LogP contribution in [0.25, 0.3) is 0 Å². The maximum Gasteiger partial charge on any atom is 0.164 e. The van der Waals surface area contributed by atoms with Crippen molar-refractivity contribution in [3.8, 4) is 0 Å². The molecule has 5 N–H and O–H groups in total. The molecule has 17 heavy (non-hydrogen) atoms. The average molecular weight is 247 g/mol. The van der Waals surface area contributed by atoms with Gasteiger partial charge in [-0.05, 0) is 48.6 Å². The molecule has 6 heteroatoms. The van der Waals surface area contributed by atoms with Gasteiger partial charge in [0.15, 0.2) is 5.17 Å². The predicted molar refractivity (Wildman–Crippen MR) is 69.6 cm³/mol. The van der Waals surface area contributed by atoms with Crippen LogP contribution in [0.1, 0.15) is 25.7 Å². The fraction of sp³-hybridized carbons (Fsp3) is 0.364. The predicted octanol–water partition coefficient (Wildman–Crippen LogP) is 1.90. The number of hydrogen-bond acceptors (Lipinski definition) is 4. The molecule has 2 aliphatic heterocycles. The number of nitrogens with one attached hydrogen (secondary N) is 5. The van der Waals surface area contributed by atoms with Gasteiger partial charge in [0.1, 0.15) is 11.7 Å². The van der Waals surface area contributed by atoms with E-state index in [0.717, 1.165) is 41.9 Å². The maximum absolute atomic E-state index is 7.93. The number of hydrogen-bond donors (Lipinski definition) is 5. The van der Waals surface area contributed by atoms with Crippen molar-refractivity contribution in [1.82, 2.24) is 10.6 Å². The Labute approximate surface area is 103 Å². The van der Waals surface area contributed by atoms with Crippen LogP contribution in [0.2, 0.25) is 0 Å². The van der Waals surface area contributed by atoms with Crippen LogP contribution in [-0.4, -0.2) is 16.8 Å². The van der Waals surface area contributed by atoms with E-state index in [1.165, 1.54) is 17.3 Å². The van der Waals surface area contributed by atoms with Crippen molar-refractivity contribution < 1.29 is 0 Å². The molecular formula is C11H13N5S. The molecule has 0 aromatic carbocycles. The molecule has 0 aromatic rings. The zero-order valence-corrected chi connectivity index (χ0v) is 10.1. The summed E-state index contributed by atoms with van der Waals surface area (Å²) in [5, 5.41) is 29.3. The van der Waals surface area contributed by atoms with Gasteiger partial charge in [0.05, 0.1) is 10.6 Å². The molecule has 5 nitrogen and oxygen atoms in total. The lowest BCUT2D eigenvalue weighted by Crippen LogP contribution is -2.21. The first-order valence-corrected chi connectivity index (χ1v) is 6.43. The van der Waals surface area contributed by atoms with E-state index in [4.69, 9.17) is 16.2 Å². The molecule has 0 bridgehead atoms. The molecule has 1 aliphatic carbocycles. The van der Waals surface area contributed by atoms with Crippen LogP contribution >= 0.6 is 11.8 Å². The van der Waals surface area contributed by atoms with Gasteiger partial charge < -0.3 is 10.6 Å². The summed E-state index contributed by atoms with van der Waals surface area (Å²) in [6, 6.07) is 0. The molecule has 0 saturated carbocycles. The van der Waals surface area contributed by atoms with Gasteiger partial charge in [0.25, 0.3) is 0 Å². The van der Waals surface area contributed by atoms with Crippen LogP contribution in [0.5, 0.6) is 0 Å². The second kappa shape index (κ2) is 3.73. The molecule has 0 unspecified atom stereocenters. The minimum atomic E-state index is 0.273. The quantitative estimate of drug-likeness (QED) is 0.452. The Morgan fingerprint density at radius 2 is 1.59 bits per heavy atom. The lowest BCUT2D eigenvalue weighted by molar-refractivity contribution is 0.698. The molecule has 1 saturated heterocycles. The van der Waals surface area contributed by atoms with Crippen molar-refractivity contribution in [3.63, 3.8) is 0 Å². The van der Waals surface area contributed by atoms with E-state index in [0.29, 0.717) is 5.84 Å². The fourth-order valence-corrected chi connectivity index (χ4v) is 3.24. The summed E-state index contributed by atoms with van der Waals surface area (Å²) in [5.74, 6) is 0.753. The molecule has 0 atom stereocenters. The summed E-state index contributed by atoms with van der Waals surface area (Å²) in [5.41, 5.74) is 3.17. The second-order valence-electron chi connectivity index (χ2n) is 4.30. The lowest BCUT2D eigenvalue weighted by atomic mass is 9.92. The van der Waals surface area contributed by atoms with Crippen molar-refractivity contribution in [2.45, 2.75) is 25.7 Å². The van der Waals surface area contributed by atoms with Crippen molar-refractivity contribution in [3.05, 3.63) is 21.7 Å². The van der Waals surface area contributed by atoms with E-state index < -0.39 is 0 Å². The zero-order valence-electron chi connectivity index (χ0n) is 9.24. The van der Waals surface area contributed by atoms with Crippen LogP contribution in [0.15, 0.2) is 21.7 Å². The van der Waals surface area contributed by atoms with Gasteiger partial charge in [0, 0.05) is 0 Å². The monoisotopic (exact) mass is 247 g/mol. The van der Waals surface area contributed by atoms with Crippen LogP contribution < -0.4 is 10.6 Å². The number of amidine groups is 3. The summed E-state index contributed by atoms with van der Waals surface area (Å²) < 4.78 is 0. The highest BCUT2D eigenvalue weighted by molar-refractivity contribution is 8.18. The summed E-state index contributed by atoms with van der Waals surface area (Å²) >= 11 is 1.26. The lowest BCUT2D eigenvalue weighted by Gasteiger charge is -2.13. The summed E-state index contributed by atoms with van der Waals surface area (Å²) in [6.07, 6.45) is 4.23. The Morgan fingerprint density at radius 3 is 2.24 bits per heavy atom. The molecular weight excluding hydrogens is 234 g/mol. The minimum Gasteiger partial charge on any atom is -0.339 e. The molecule has 3 aliphatic rings. The van der Waals surface area contributed by atoms with E-state index in [1.807, 2.05) is 0 Å². The van der Waals surface area contributed by atoms with Gasteiger partial charge in [-0.3, -0.25) is 16.2 Å². The van der Waals surface area contributed by atoms with E-state index in [-0.39, 0.29) is 11.0 Å². The fourth-order valence-electron chi connectivity index (χ4n) is 2.45. The topological polar surface area (TPSA) is 95.6 Å². The number of thioether (sulfide) groups is 1. The summed E-state index contributed by atoms with van der Waals surface area (Å²) in [7, 11) is 0. The minimum absolute atomic E-state index is 0.273. The first kappa shape index (κ1) is 10.6. The third-order valence-corrected chi connectivity index (χ3v) is 4.14. The number of allylic oxidation sites excluding steroid dienone is 1. The Morgan fingerprint density at radius 1 is 0.882 bits per heavy atom. The summed E-state index contributed by atoms with van der Waals surface area (Å²) in [6.45, 7) is 0. The number of rotatable bonds is 0. The third kappa shape index (κ3) is 1.59. The van der Waals surface area contributed by atoms with E-state index in [9.17, 15) is 0 Å². The Bertz CT molecular complexity index is 514. The highest BCUT2D eigenvalue weighted by Gasteiger charge is 2.32. The zero-order chi connectivity index (χ0) is 12.0. The molecule has 0 aromatic heterocycles. The van der Waals surface area contributed by atoms with Crippen LogP contribution in [0.3, 0.4) is 0 Å². The Hall–Kier alpha value is -1.56. The van der Waals surface area contributed by atoms with Gasteiger partial charge in [0.2, 0.25) is 0 Å². The Balaban J connectivity index is 2.08. The average Bonchev–Trinajstić information content (AvgIpc) is 2.80. The van der Waals surface area contributed by atoms with Crippen LogP contribution in [-0.2, 0) is 0 Å². The smallest absolute Gasteiger partial charge is 0.164 e. The first-order valence-electron chi connectivity index (χ1n) is 5.62. The molecule has 2 heterocycles. The van der Waals surface area contributed by atoms with E-state index in [1.54, 1.807) is 0 Å². The van der Waals surface area contributed by atoms with Crippen molar-refractivity contribution >= 4 is 28.6 Å². The van der Waals surface area contributed by atoms with Crippen LogP contribution in [0, 0.1) is 16.2 Å². The molecule has 88 valence electrons. The van der Waals surface area contributed by atoms with Crippen molar-refractivity contribution in [2.75, 3.05) is 0 Å². The summed E-state index contributed by atoms with van der Waals surface area (Å²) in [4.78, 5) is 0.756. The molecule has 0 spiro atoms. The van der Waals surface area contributed by atoms with Gasteiger partial charge in [-0.25, -0.2) is 0 Å². The van der Waals surface area contributed by atoms with Gasteiger partial charge in [-0.15, -0.1) is 0 Å². The SMILES string of the molecule is N=C1NC(=N)C(=C2NC(=N)C3=C2CCCC3)S1. The third-order valence-electron chi connectivity index (χ3n) is 3.22. The molecule has 3 rings (SSSR count). The second-order valence-corrected chi connectivity index (χ2v) is 5.32. The van der Waals surface area contributed by atoms with Crippen molar-refractivity contribution in [1.29, 1.82) is 16.2 Å². The van der Waals surface area contributed by atoms with Gasteiger partial charge in [-0.2, -0.15) is 0 Å². The van der Waals surface area contributed by atoms with E-state index in [2.05, 4.69) is 10.6 Å². The van der Waals surface area contributed by atoms with Gasteiger partial charge in [-0.1, -0.05) is 0 Å². The standard InChI is InChI=1S/C11H13N5S/c12-9-6-4-2-1-3-5(6)7(15-9)8-10(13)16-11(14)17-8/h1-4H2,(H2,12,15)(H3,13,14,16). The van der Waals surface area contributed by atoms with Gasteiger partial charge >= 0.3 is 0 Å². The molecule has 0 amide bonds. The van der Waals surface area contributed by atoms with E-state index >= 15 is 0 Å². The normalized spacial score (nSPS) is 28.4. The maximum atomic E-state index is 7.93.